The van der Waals surface area contributed by atoms with Gasteiger partial charge < -0.3 is 0 Å². The molecular weight excluding hydrogens is 829 g/mol. The highest BCUT2D eigenvalue weighted by Gasteiger charge is 2.59. The van der Waals surface area contributed by atoms with Gasteiger partial charge in [0.05, 0.1) is 29.9 Å². The van der Waals surface area contributed by atoms with Crippen molar-refractivity contribution in [3.63, 3.8) is 0 Å². The predicted octanol–water partition coefficient (Wildman–Crippen LogP) is 10.8. The number of nitriles is 2. The van der Waals surface area contributed by atoms with Crippen molar-refractivity contribution in [1.82, 2.24) is 14.8 Å². The van der Waals surface area contributed by atoms with Crippen molar-refractivity contribution in [2.24, 2.45) is 9.98 Å². The van der Waals surface area contributed by atoms with Crippen LogP contribution in [0.25, 0.3) is 5.69 Å². The van der Waals surface area contributed by atoms with Crippen molar-refractivity contribution in [2.45, 2.75) is 36.0 Å². The first-order valence-electron chi connectivity index (χ1n) is 16.1. The van der Waals surface area contributed by atoms with Gasteiger partial charge in [-0.3, -0.25) is 9.98 Å². The molecule has 0 saturated carbocycles. The van der Waals surface area contributed by atoms with E-state index in [0.717, 1.165) is 6.07 Å². The van der Waals surface area contributed by atoms with E-state index >= 15 is 0 Å². The van der Waals surface area contributed by atoms with Gasteiger partial charge in [-0.05, 0) is 82.9 Å². The fraction of sp³-hybridized carbons (Fsp3) is 0.211. The van der Waals surface area contributed by atoms with Crippen molar-refractivity contribution in [3.05, 3.63) is 145 Å². The first-order chi connectivity index (χ1) is 26.4. The topological polar surface area (TPSA) is 103 Å². The summed E-state index contributed by atoms with van der Waals surface area (Å²) in [5, 5.41) is 22.8. The molecule has 56 heavy (non-hydrogen) atoms. The third kappa shape index (κ3) is 7.84. The van der Waals surface area contributed by atoms with Gasteiger partial charge in [0.2, 0.25) is 0 Å². The average molecular weight is 851 g/mol. The molecule has 2 atom stereocenters. The Balaban J connectivity index is 0.000000192. The fourth-order valence-corrected chi connectivity index (χ4v) is 7.58. The van der Waals surface area contributed by atoms with E-state index in [1.165, 1.54) is 71.9 Å². The zero-order valence-corrected chi connectivity index (χ0v) is 31.2. The van der Waals surface area contributed by atoms with Crippen LogP contribution in [0, 0.1) is 28.5 Å². The Morgan fingerprint density at radius 2 is 1.07 bits per heavy atom. The lowest BCUT2D eigenvalue weighted by atomic mass is 9.76. The number of benzene rings is 4. The predicted molar refractivity (Wildman–Crippen MR) is 198 cm³/mol. The average Bonchev–Trinajstić information content (AvgIpc) is 3.92. The van der Waals surface area contributed by atoms with Gasteiger partial charge in [0.25, 0.3) is 0 Å². The van der Waals surface area contributed by atoms with Crippen LogP contribution < -0.4 is 0 Å². The van der Waals surface area contributed by atoms with E-state index in [-0.39, 0.29) is 65.8 Å². The second-order valence-corrected chi connectivity index (χ2v) is 14.6. The lowest BCUT2D eigenvalue weighted by molar-refractivity contribution is -0.184. The van der Waals surface area contributed by atoms with Crippen molar-refractivity contribution in [3.8, 4) is 17.8 Å². The monoisotopic (exact) mass is 849 g/mol. The summed E-state index contributed by atoms with van der Waals surface area (Å²) in [7, 11) is 0. The van der Waals surface area contributed by atoms with E-state index in [0.29, 0.717) is 11.3 Å². The normalized spacial score (nSPS) is 19.4. The maximum absolute atomic E-state index is 14.2. The molecule has 0 bridgehead atoms. The third-order valence-corrected chi connectivity index (χ3v) is 10.3. The van der Waals surface area contributed by atoms with E-state index in [1.807, 2.05) is 6.07 Å². The third-order valence-electron chi connectivity index (χ3n) is 9.47. The molecule has 0 radical (unpaired) electrons. The lowest BCUT2D eigenvalue weighted by Crippen LogP contribution is -2.43. The van der Waals surface area contributed by atoms with Crippen molar-refractivity contribution >= 4 is 57.8 Å². The second kappa shape index (κ2) is 15.5. The molecule has 7 nitrogen and oxygen atoms in total. The summed E-state index contributed by atoms with van der Waals surface area (Å²) in [5.41, 5.74) is -3.05. The molecule has 2 aliphatic heterocycles. The van der Waals surface area contributed by atoms with Gasteiger partial charge in [0.15, 0.2) is 0 Å². The fourth-order valence-electron chi connectivity index (χ4n) is 6.52. The first-order valence-corrected chi connectivity index (χ1v) is 17.6. The minimum absolute atomic E-state index is 0.0361. The molecule has 0 N–H and O–H groups in total. The van der Waals surface area contributed by atoms with Crippen LogP contribution in [0.2, 0.25) is 20.1 Å². The first kappa shape index (κ1) is 40.7. The van der Waals surface area contributed by atoms with Gasteiger partial charge >= 0.3 is 12.4 Å². The quantitative estimate of drug-likeness (QED) is 0.164. The summed E-state index contributed by atoms with van der Waals surface area (Å²) < 4.78 is 99.5. The Labute approximate surface area is 334 Å². The zero-order chi connectivity index (χ0) is 40.6. The highest BCUT2D eigenvalue weighted by Crippen LogP contribution is 2.50. The molecule has 4 aromatic carbocycles. The van der Waals surface area contributed by atoms with Gasteiger partial charge in [-0.1, -0.05) is 58.5 Å². The molecule has 1 aromatic heterocycles. The van der Waals surface area contributed by atoms with Crippen LogP contribution in [-0.4, -0.2) is 51.6 Å². The molecule has 2 unspecified atom stereocenters. The number of aliphatic imine (C=N–C) groups is 2. The molecule has 0 saturated heterocycles. The number of hydrogen-bond acceptors (Lipinski definition) is 6. The summed E-state index contributed by atoms with van der Waals surface area (Å²) in [6.45, 7) is -1.03. The number of rotatable bonds is 5. The molecule has 3 heterocycles. The Hall–Kier alpha value is -4.99. The highest BCUT2D eigenvalue weighted by atomic mass is 35.5. The Bertz CT molecular complexity index is 2430. The van der Waals surface area contributed by atoms with Gasteiger partial charge in [0.1, 0.15) is 41.4 Å². The lowest BCUT2D eigenvalue weighted by Gasteiger charge is -2.31. The Morgan fingerprint density at radius 1 is 0.625 bits per heavy atom. The number of hydrogen-bond donors (Lipinski definition) is 0. The van der Waals surface area contributed by atoms with E-state index in [2.05, 4.69) is 20.1 Å². The van der Waals surface area contributed by atoms with E-state index < -0.39 is 48.5 Å². The molecular formula is C38H22Cl4F7N7. The molecule has 286 valence electrons. The summed E-state index contributed by atoms with van der Waals surface area (Å²) >= 11 is 23.7. The zero-order valence-electron chi connectivity index (χ0n) is 28.2. The molecule has 18 heteroatoms. The van der Waals surface area contributed by atoms with Crippen LogP contribution in [0.5, 0.6) is 0 Å². The molecule has 7 rings (SSSR count). The molecule has 0 spiro atoms. The van der Waals surface area contributed by atoms with Gasteiger partial charge in [-0.15, -0.1) is 0 Å². The van der Waals surface area contributed by atoms with Gasteiger partial charge in [-0.2, -0.15) is 42.0 Å². The SMILES string of the molecule is N#Cc1cc(C2=NCC(c3cc(Cl)cc(Cl)c3)(C(F)(F)F)C2)ccc1-n1cncn1.N#Cc1cc(C2=NCC(c3cc(Cl)cc(Cl)c3)(C(F)(F)F)C2)ccc1F. The molecule has 0 amide bonds. The highest BCUT2D eigenvalue weighted by molar-refractivity contribution is 6.35. The number of alkyl halides is 6. The van der Waals surface area contributed by atoms with Crippen LogP contribution in [-0.2, 0) is 10.8 Å². The largest absolute Gasteiger partial charge is 0.400 e. The summed E-state index contributed by atoms with van der Waals surface area (Å²) in [4.78, 5) is 12.1. The minimum atomic E-state index is -4.61. The smallest absolute Gasteiger partial charge is 0.288 e. The molecule has 0 aliphatic carbocycles. The van der Waals surface area contributed by atoms with E-state index in [1.54, 1.807) is 18.2 Å². The van der Waals surface area contributed by atoms with Crippen LogP contribution in [0.4, 0.5) is 30.7 Å². The Kier molecular flexibility index (Phi) is 11.3. The number of halogens is 11. The van der Waals surface area contributed by atoms with Crippen LogP contribution in [0.15, 0.2) is 95.4 Å². The van der Waals surface area contributed by atoms with Crippen molar-refractivity contribution in [1.29, 1.82) is 10.5 Å². The van der Waals surface area contributed by atoms with Crippen LogP contribution >= 0.6 is 46.4 Å². The van der Waals surface area contributed by atoms with Crippen LogP contribution in [0.3, 0.4) is 0 Å². The standard InChI is InChI=1S/C20H12Cl2F3N5.C18H10Cl2F4N2/c21-15-4-14(5-16(22)6-15)19(20(23,24)25)7-17(28-9-19)12-1-2-18(13(3-12)8-26)30-11-27-10-29-30;19-13-4-12(5-14(20)6-13)17(18(22,23)24)7-16(26-9-17)10-1-2-15(21)11(3-10)8-25/h1-6,10-11H,7,9H2;1-6H,7,9H2. The van der Waals surface area contributed by atoms with E-state index in [9.17, 15) is 36.0 Å². The molecule has 2 aliphatic rings. The van der Waals surface area contributed by atoms with Crippen LogP contribution in [0.1, 0.15) is 46.2 Å². The minimum Gasteiger partial charge on any atom is -0.288 e. The molecule has 0 fully saturated rings. The number of nitrogens with zero attached hydrogens (tertiary/aromatic N) is 7. The van der Waals surface area contributed by atoms with Gasteiger partial charge in [-0.25, -0.2) is 14.1 Å². The van der Waals surface area contributed by atoms with E-state index in [4.69, 9.17) is 51.7 Å². The maximum atomic E-state index is 14.2. The summed E-state index contributed by atoms with van der Waals surface area (Å²) in [5.74, 6) is -0.737. The molecule has 5 aromatic rings. The van der Waals surface area contributed by atoms with Gasteiger partial charge in [0, 0.05) is 44.4 Å². The maximum Gasteiger partial charge on any atom is 0.400 e. The van der Waals surface area contributed by atoms with Crippen molar-refractivity contribution < 1.29 is 30.7 Å². The summed E-state index contributed by atoms with van der Waals surface area (Å²) in [6.07, 6.45) is -7.27. The number of aromatic nitrogens is 3. The summed E-state index contributed by atoms with van der Waals surface area (Å²) in [6, 6.07) is 19.7. The second-order valence-electron chi connectivity index (χ2n) is 12.8. The Morgan fingerprint density at radius 3 is 1.48 bits per heavy atom. The van der Waals surface area contributed by atoms with Crippen molar-refractivity contribution in [2.75, 3.05) is 13.1 Å².